The van der Waals surface area contributed by atoms with Crippen LogP contribution in [0.4, 0.5) is 0 Å². The minimum atomic E-state index is -0.444. The van der Waals surface area contributed by atoms with Gasteiger partial charge in [-0.25, -0.2) is 0 Å². The molecular weight excluding hydrogens is 480 g/mol. The summed E-state index contributed by atoms with van der Waals surface area (Å²) in [4.78, 5) is 31.7. The fraction of sp³-hybridized carbons (Fsp3) is 0.367. The predicted molar refractivity (Wildman–Crippen MR) is 147 cm³/mol. The number of likely N-dealkylation sites (tertiary alicyclic amines) is 1. The summed E-state index contributed by atoms with van der Waals surface area (Å²) in [5.41, 5.74) is 4.03. The molecule has 0 radical (unpaired) electrons. The lowest BCUT2D eigenvalue weighted by atomic mass is 9.81. The van der Waals surface area contributed by atoms with E-state index in [0.717, 1.165) is 49.5 Å². The molecule has 4 rings (SSSR count). The molecule has 2 aliphatic rings. The van der Waals surface area contributed by atoms with Crippen molar-refractivity contribution in [1.29, 1.82) is 0 Å². The van der Waals surface area contributed by atoms with Crippen LogP contribution < -0.4 is 5.32 Å². The zero-order valence-electron chi connectivity index (χ0n) is 21.9. The highest BCUT2D eigenvalue weighted by molar-refractivity contribution is 5.82. The van der Waals surface area contributed by atoms with Crippen LogP contribution in [0.3, 0.4) is 0 Å². The Morgan fingerprint density at radius 1 is 1.11 bits per heavy atom. The maximum absolute atomic E-state index is 12.8. The number of carbonyl (C=O) groups excluding carboxylic acids is 2. The van der Waals surface area contributed by atoms with Crippen LogP contribution in [0.15, 0.2) is 65.0 Å². The molecule has 0 aliphatic carbocycles. The van der Waals surface area contributed by atoms with Crippen molar-refractivity contribution in [1.82, 2.24) is 15.1 Å². The molecule has 2 aromatic rings. The van der Waals surface area contributed by atoms with Gasteiger partial charge >= 0.3 is 0 Å². The number of hydrogen-bond acceptors (Lipinski definition) is 6. The molecule has 1 unspecified atom stereocenters. The molecule has 0 bridgehead atoms. The quantitative estimate of drug-likeness (QED) is 0.141. The monoisotopic (exact) mass is 514 g/mol. The molecular formula is C30H34N4O4. The number of carbonyl (C=O) groups is 2. The summed E-state index contributed by atoms with van der Waals surface area (Å²) in [5.74, 6) is 5.99. The third kappa shape index (κ3) is 6.88. The van der Waals surface area contributed by atoms with E-state index in [1.54, 1.807) is 11.9 Å². The van der Waals surface area contributed by atoms with Gasteiger partial charge in [0.15, 0.2) is 12.0 Å². The van der Waals surface area contributed by atoms with Gasteiger partial charge in [0.1, 0.15) is 0 Å². The zero-order valence-corrected chi connectivity index (χ0v) is 21.9. The summed E-state index contributed by atoms with van der Waals surface area (Å²) in [6.07, 6.45) is 2.06. The maximum Gasteiger partial charge on any atom is 0.223 e. The Morgan fingerprint density at radius 3 is 2.34 bits per heavy atom. The number of aliphatic imine (C=N–C) groups is 1. The number of allylic oxidation sites excluding steroid dienone is 1. The first-order valence-corrected chi connectivity index (χ1v) is 12.7. The van der Waals surface area contributed by atoms with E-state index in [0.29, 0.717) is 19.3 Å². The van der Waals surface area contributed by atoms with Gasteiger partial charge in [0.25, 0.3) is 0 Å². The SMILES string of the molecule is CN=CN/C(CN1CC(C)(c2ccc(C#Cc3ccc(CN4CCOCC4)cc3)cc2)CC1=O)=C(/O)C=O. The minimum Gasteiger partial charge on any atom is -0.503 e. The summed E-state index contributed by atoms with van der Waals surface area (Å²) in [6.45, 7) is 7.07. The summed E-state index contributed by atoms with van der Waals surface area (Å²) >= 11 is 0. The normalized spacial score (nSPS) is 20.7. The Labute approximate surface area is 224 Å². The number of aliphatic hydroxyl groups is 1. The highest BCUT2D eigenvalue weighted by Gasteiger charge is 2.41. The van der Waals surface area contributed by atoms with Crippen molar-refractivity contribution in [2.75, 3.05) is 46.4 Å². The molecule has 1 amide bonds. The van der Waals surface area contributed by atoms with Crippen molar-refractivity contribution in [3.63, 3.8) is 0 Å². The van der Waals surface area contributed by atoms with Crippen LogP contribution >= 0.6 is 0 Å². The average molecular weight is 515 g/mol. The summed E-state index contributed by atoms with van der Waals surface area (Å²) in [5, 5.41) is 12.7. The van der Waals surface area contributed by atoms with E-state index >= 15 is 0 Å². The number of ether oxygens (including phenoxy) is 1. The Hall–Kier alpha value is -3.93. The molecule has 1 atom stereocenters. The standard InChI is InChI=1S/C30H34N4O4/c1-30(17-29(37)34(21-30)19-27(28(36)20-35)32-22-31-2)26-11-9-24(10-12-26)4-3-23-5-7-25(8-6-23)18-33-13-15-38-16-14-33/h5-12,20,22,36H,13-19,21H2,1-2H3,(H,31,32)/b28-27+. The van der Waals surface area contributed by atoms with E-state index < -0.39 is 5.76 Å². The van der Waals surface area contributed by atoms with E-state index in [4.69, 9.17) is 4.74 Å². The highest BCUT2D eigenvalue weighted by Crippen LogP contribution is 2.35. The van der Waals surface area contributed by atoms with Gasteiger partial charge in [-0.3, -0.25) is 19.5 Å². The molecule has 2 heterocycles. The van der Waals surface area contributed by atoms with Gasteiger partial charge in [-0.15, -0.1) is 0 Å². The second-order valence-corrected chi connectivity index (χ2v) is 9.91. The number of morpholine rings is 1. The third-order valence-corrected chi connectivity index (χ3v) is 6.97. The fourth-order valence-corrected chi connectivity index (χ4v) is 4.76. The second kappa shape index (κ2) is 12.5. The van der Waals surface area contributed by atoms with Gasteiger partial charge in [-0.1, -0.05) is 43.0 Å². The number of rotatable bonds is 8. The first kappa shape index (κ1) is 27.1. The van der Waals surface area contributed by atoms with Gasteiger partial charge in [0.2, 0.25) is 5.91 Å². The van der Waals surface area contributed by atoms with Crippen LogP contribution in [0.2, 0.25) is 0 Å². The van der Waals surface area contributed by atoms with Crippen LogP contribution in [0.25, 0.3) is 0 Å². The number of benzene rings is 2. The zero-order chi connectivity index (χ0) is 27.0. The molecule has 2 aliphatic heterocycles. The first-order valence-electron chi connectivity index (χ1n) is 12.7. The lowest BCUT2D eigenvalue weighted by Crippen LogP contribution is -2.35. The van der Waals surface area contributed by atoms with E-state index in [-0.39, 0.29) is 23.6 Å². The van der Waals surface area contributed by atoms with E-state index in [1.807, 2.05) is 31.2 Å². The average Bonchev–Trinajstić information content (AvgIpc) is 3.24. The number of aldehydes is 1. The molecule has 38 heavy (non-hydrogen) atoms. The number of aliphatic hydroxyl groups excluding tert-OH is 1. The van der Waals surface area contributed by atoms with E-state index in [2.05, 4.69) is 51.3 Å². The molecule has 198 valence electrons. The highest BCUT2D eigenvalue weighted by atomic mass is 16.5. The van der Waals surface area contributed by atoms with Gasteiger partial charge in [0.05, 0.1) is 31.8 Å². The molecule has 0 saturated carbocycles. The van der Waals surface area contributed by atoms with Gasteiger partial charge < -0.3 is 20.1 Å². The molecule has 8 heteroatoms. The number of hydrogen-bond donors (Lipinski definition) is 2. The molecule has 0 aromatic heterocycles. The lowest BCUT2D eigenvalue weighted by molar-refractivity contribution is -0.127. The summed E-state index contributed by atoms with van der Waals surface area (Å²) < 4.78 is 5.41. The number of nitrogens with one attached hydrogen (secondary N) is 1. The number of nitrogens with zero attached hydrogens (tertiary/aromatic N) is 3. The first-order chi connectivity index (χ1) is 18.4. The van der Waals surface area contributed by atoms with Crippen molar-refractivity contribution in [2.24, 2.45) is 4.99 Å². The van der Waals surface area contributed by atoms with Crippen LogP contribution in [0.1, 0.15) is 35.6 Å². The minimum absolute atomic E-state index is 0.0418. The fourth-order valence-electron chi connectivity index (χ4n) is 4.76. The lowest BCUT2D eigenvalue weighted by Gasteiger charge is -2.26. The van der Waals surface area contributed by atoms with Crippen molar-refractivity contribution in [3.05, 3.63) is 82.2 Å². The predicted octanol–water partition coefficient (Wildman–Crippen LogP) is 2.62. The maximum atomic E-state index is 12.8. The second-order valence-electron chi connectivity index (χ2n) is 9.91. The topological polar surface area (TPSA) is 94.5 Å². The van der Waals surface area contributed by atoms with Crippen LogP contribution in [-0.4, -0.2) is 79.9 Å². The van der Waals surface area contributed by atoms with Crippen molar-refractivity contribution < 1.29 is 19.4 Å². The molecule has 0 spiro atoms. The third-order valence-electron chi connectivity index (χ3n) is 6.97. The van der Waals surface area contributed by atoms with Crippen molar-refractivity contribution in [3.8, 4) is 11.8 Å². The van der Waals surface area contributed by atoms with Gasteiger partial charge in [-0.2, -0.15) is 0 Å². The smallest absolute Gasteiger partial charge is 0.223 e. The molecule has 2 N–H and O–H groups in total. The van der Waals surface area contributed by atoms with E-state index in [1.165, 1.54) is 11.9 Å². The number of amides is 1. The van der Waals surface area contributed by atoms with Crippen molar-refractivity contribution in [2.45, 2.75) is 25.3 Å². The van der Waals surface area contributed by atoms with E-state index in [9.17, 15) is 14.7 Å². The van der Waals surface area contributed by atoms with Crippen LogP contribution in [-0.2, 0) is 26.3 Å². The molecule has 2 fully saturated rings. The summed E-state index contributed by atoms with van der Waals surface area (Å²) in [6, 6.07) is 16.4. The Kier molecular flexibility index (Phi) is 8.95. The molecule has 2 aromatic carbocycles. The van der Waals surface area contributed by atoms with Crippen LogP contribution in [0, 0.1) is 11.8 Å². The summed E-state index contributed by atoms with van der Waals surface area (Å²) in [7, 11) is 1.57. The van der Waals surface area contributed by atoms with Crippen LogP contribution in [0.5, 0.6) is 0 Å². The molecule has 8 nitrogen and oxygen atoms in total. The molecule has 2 saturated heterocycles. The Bertz CT molecular complexity index is 1250. The Balaban J connectivity index is 1.38. The largest absolute Gasteiger partial charge is 0.503 e. The van der Waals surface area contributed by atoms with Crippen molar-refractivity contribution >= 4 is 18.5 Å². The van der Waals surface area contributed by atoms with Gasteiger partial charge in [-0.05, 0) is 35.4 Å². The van der Waals surface area contributed by atoms with Gasteiger partial charge in [0, 0.05) is 56.2 Å². The Morgan fingerprint density at radius 2 is 1.74 bits per heavy atom.